The topological polar surface area (TPSA) is 73.4 Å². The molecule has 1 heterocycles. The van der Waals surface area contributed by atoms with Crippen molar-refractivity contribution in [1.82, 2.24) is 9.78 Å². The van der Waals surface area contributed by atoms with Gasteiger partial charge >= 0.3 is 5.97 Å². The third-order valence-corrected chi connectivity index (χ3v) is 2.09. The molecule has 0 unspecified atom stereocenters. The van der Waals surface area contributed by atoms with Crippen LogP contribution in [-0.4, -0.2) is 37.0 Å². The zero-order valence-corrected chi connectivity index (χ0v) is 9.44. The summed E-state index contributed by atoms with van der Waals surface area (Å²) in [6.45, 7) is 2.52. The number of hydrogen-bond acceptors (Lipinski definition) is 5. The fourth-order valence-corrected chi connectivity index (χ4v) is 1.31. The minimum Gasteiger partial charge on any atom is -0.465 e. The van der Waals surface area contributed by atoms with E-state index in [2.05, 4.69) is 9.84 Å². The van der Waals surface area contributed by atoms with E-state index in [0.717, 1.165) is 0 Å². The van der Waals surface area contributed by atoms with Crippen molar-refractivity contribution in [2.45, 2.75) is 13.5 Å². The van der Waals surface area contributed by atoms with Gasteiger partial charge in [0, 0.05) is 20.6 Å². The molecule has 6 nitrogen and oxygen atoms in total. The number of aryl methyl sites for hydroxylation is 1. The van der Waals surface area contributed by atoms with Crippen molar-refractivity contribution in [2.75, 3.05) is 31.8 Å². The number of nitrogen functional groups attached to an aromatic ring is 1. The second kappa shape index (κ2) is 4.20. The van der Waals surface area contributed by atoms with Crippen LogP contribution in [0.2, 0.25) is 0 Å². The Morgan fingerprint density at radius 1 is 1.60 bits per heavy atom. The maximum atomic E-state index is 11.5. The predicted molar refractivity (Wildman–Crippen MR) is 58.0 cm³/mol. The van der Waals surface area contributed by atoms with E-state index in [4.69, 9.17) is 5.73 Å². The van der Waals surface area contributed by atoms with E-state index in [1.165, 1.54) is 7.11 Å². The van der Waals surface area contributed by atoms with Gasteiger partial charge in [-0.3, -0.25) is 0 Å². The molecule has 1 rings (SSSR count). The molecule has 15 heavy (non-hydrogen) atoms. The molecule has 0 bridgehead atoms. The molecule has 6 heteroatoms. The summed E-state index contributed by atoms with van der Waals surface area (Å²) in [6.07, 6.45) is 0. The second-order valence-electron chi connectivity index (χ2n) is 3.29. The van der Waals surface area contributed by atoms with Gasteiger partial charge in [-0.05, 0) is 6.92 Å². The summed E-state index contributed by atoms with van der Waals surface area (Å²) >= 11 is 0. The first-order valence-electron chi connectivity index (χ1n) is 4.64. The standard InChI is InChI=1S/C9H16N4O2/c1-5-13-7(10)6(9(14)15-4)8(11-13)12(2)3/h5,10H2,1-4H3. The van der Waals surface area contributed by atoms with E-state index in [1.807, 2.05) is 6.92 Å². The largest absolute Gasteiger partial charge is 0.465 e. The minimum absolute atomic E-state index is 0.323. The molecule has 0 aliphatic carbocycles. The lowest BCUT2D eigenvalue weighted by atomic mass is 10.3. The van der Waals surface area contributed by atoms with Crippen molar-refractivity contribution in [3.8, 4) is 0 Å². The number of aromatic nitrogens is 2. The normalized spacial score (nSPS) is 10.1. The molecule has 0 aliphatic rings. The molecule has 1 aromatic rings. The number of anilines is 2. The molecule has 0 amide bonds. The van der Waals surface area contributed by atoms with Crippen molar-refractivity contribution in [2.24, 2.45) is 0 Å². The molecule has 0 aliphatic heterocycles. The van der Waals surface area contributed by atoms with Crippen LogP contribution in [0.1, 0.15) is 17.3 Å². The van der Waals surface area contributed by atoms with Crippen LogP contribution < -0.4 is 10.6 Å². The van der Waals surface area contributed by atoms with E-state index in [-0.39, 0.29) is 0 Å². The summed E-state index contributed by atoms with van der Waals surface area (Å²) in [6, 6.07) is 0. The third kappa shape index (κ3) is 1.88. The van der Waals surface area contributed by atoms with Gasteiger partial charge in [-0.25, -0.2) is 9.48 Å². The molecule has 0 aromatic carbocycles. The molecule has 84 valence electrons. The SMILES string of the molecule is CCn1nc(N(C)C)c(C(=O)OC)c1N. The van der Waals surface area contributed by atoms with Crippen molar-refractivity contribution in [3.05, 3.63) is 5.56 Å². The number of nitrogens with zero attached hydrogens (tertiary/aromatic N) is 3. The Balaban J connectivity index is 3.32. The number of esters is 1. The van der Waals surface area contributed by atoms with E-state index in [9.17, 15) is 4.79 Å². The Morgan fingerprint density at radius 2 is 2.20 bits per heavy atom. The Bertz CT molecular complexity index is 370. The highest BCUT2D eigenvalue weighted by atomic mass is 16.5. The van der Waals surface area contributed by atoms with Crippen LogP contribution in [0.5, 0.6) is 0 Å². The van der Waals surface area contributed by atoms with Gasteiger partial charge in [0.1, 0.15) is 11.4 Å². The molecule has 0 saturated carbocycles. The van der Waals surface area contributed by atoms with Crippen molar-refractivity contribution in [1.29, 1.82) is 0 Å². The van der Waals surface area contributed by atoms with E-state index in [1.54, 1.807) is 23.7 Å². The average molecular weight is 212 g/mol. The van der Waals surface area contributed by atoms with Gasteiger partial charge < -0.3 is 15.4 Å². The van der Waals surface area contributed by atoms with E-state index in [0.29, 0.717) is 23.7 Å². The molecule has 0 radical (unpaired) electrons. The fourth-order valence-electron chi connectivity index (χ4n) is 1.31. The van der Waals surface area contributed by atoms with Crippen LogP contribution in [0, 0.1) is 0 Å². The maximum Gasteiger partial charge on any atom is 0.345 e. The summed E-state index contributed by atoms with van der Waals surface area (Å²) in [5.41, 5.74) is 6.13. The first-order valence-corrected chi connectivity index (χ1v) is 4.64. The summed E-state index contributed by atoms with van der Waals surface area (Å²) in [4.78, 5) is 13.2. The molecule has 0 spiro atoms. The lowest BCUT2D eigenvalue weighted by molar-refractivity contribution is 0.0602. The Hall–Kier alpha value is -1.72. The number of nitrogens with two attached hydrogens (primary N) is 1. The highest BCUT2D eigenvalue weighted by Crippen LogP contribution is 2.24. The second-order valence-corrected chi connectivity index (χ2v) is 3.29. The van der Waals surface area contributed by atoms with Gasteiger partial charge in [0.05, 0.1) is 7.11 Å². The molecule has 0 fully saturated rings. The monoisotopic (exact) mass is 212 g/mol. The van der Waals surface area contributed by atoms with E-state index >= 15 is 0 Å². The summed E-state index contributed by atoms with van der Waals surface area (Å²) in [5, 5.41) is 4.21. The minimum atomic E-state index is -0.462. The lowest BCUT2D eigenvalue weighted by Gasteiger charge is -2.09. The molecular weight excluding hydrogens is 196 g/mol. The first-order chi connectivity index (χ1) is 7.02. The van der Waals surface area contributed by atoms with Gasteiger partial charge in [-0.15, -0.1) is 0 Å². The fraction of sp³-hybridized carbons (Fsp3) is 0.556. The zero-order chi connectivity index (χ0) is 11.6. The highest BCUT2D eigenvalue weighted by molar-refractivity contribution is 5.99. The van der Waals surface area contributed by atoms with Gasteiger partial charge in [0.2, 0.25) is 0 Å². The van der Waals surface area contributed by atoms with Crippen molar-refractivity contribution >= 4 is 17.6 Å². The number of carbonyl (C=O) groups excluding carboxylic acids is 1. The average Bonchev–Trinajstić information content (AvgIpc) is 2.54. The van der Waals surface area contributed by atoms with Crippen LogP contribution in [0.15, 0.2) is 0 Å². The molecule has 0 saturated heterocycles. The molecule has 1 aromatic heterocycles. The molecule has 0 atom stereocenters. The van der Waals surface area contributed by atoms with Gasteiger partial charge in [-0.2, -0.15) is 5.10 Å². The summed E-state index contributed by atoms with van der Waals surface area (Å²) in [7, 11) is 4.92. The van der Waals surface area contributed by atoms with Gasteiger partial charge in [0.25, 0.3) is 0 Å². The number of methoxy groups -OCH3 is 1. The summed E-state index contributed by atoms with van der Waals surface area (Å²) < 4.78 is 6.24. The third-order valence-electron chi connectivity index (χ3n) is 2.09. The van der Waals surface area contributed by atoms with Gasteiger partial charge in [0.15, 0.2) is 5.82 Å². The Kier molecular flexibility index (Phi) is 3.18. The quantitative estimate of drug-likeness (QED) is 0.731. The number of carbonyl (C=O) groups is 1. The smallest absolute Gasteiger partial charge is 0.345 e. The predicted octanol–water partition coefficient (Wildman–Crippen LogP) is 0.338. The first kappa shape index (κ1) is 11.4. The highest BCUT2D eigenvalue weighted by Gasteiger charge is 2.23. The number of hydrogen-bond donors (Lipinski definition) is 1. The molecule has 2 N–H and O–H groups in total. The Morgan fingerprint density at radius 3 is 2.60 bits per heavy atom. The van der Waals surface area contributed by atoms with Crippen LogP contribution >= 0.6 is 0 Å². The van der Waals surface area contributed by atoms with Crippen molar-refractivity contribution < 1.29 is 9.53 Å². The number of ether oxygens (including phenoxy) is 1. The lowest BCUT2D eigenvalue weighted by Crippen LogP contribution is -2.14. The van der Waals surface area contributed by atoms with Gasteiger partial charge in [-0.1, -0.05) is 0 Å². The van der Waals surface area contributed by atoms with Crippen molar-refractivity contribution in [3.63, 3.8) is 0 Å². The van der Waals surface area contributed by atoms with Crippen LogP contribution in [-0.2, 0) is 11.3 Å². The van der Waals surface area contributed by atoms with Crippen LogP contribution in [0.25, 0.3) is 0 Å². The van der Waals surface area contributed by atoms with Crippen LogP contribution in [0.3, 0.4) is 0 Å². The van der Waals surface area contributed by atoms with E-state index < -0.39 is 5.97 Å². The number of rotatable bonds is 3. The summed E-state index contributed by atoms with van der Waals surface area (Å²) in [5.74, 6) is 0.408. The maximum absolute atomic E-state index is 11.5. The Labute approximate surface area is 88.6 Å². The molecular formula is C9H16N4O2. The zero-order valence-electron chi connectivity index (χ0n) is 9.44. The van der Waals surface area contributed by atoms with Crippen LogP contribution in [0.4, 0.5) is 11.6 Å².